The standard InChI is InChI=1S/C9H9F3O/c10-9(11,12)8(6-13)7-4-2-1-3-5-7/h1-5,8,13H,6H2/t8-/m0/s1. The van der Waals surface area contributed by atoms with Crippen LogP contribution in [0.15, 0.2) is 30.3 Å². The minimum Gasteiger partial charge on any atom is -0.395 e. The molecule has 1 nitrogen and oxygen atoms in total. The zero-order valence-corrected chi connectivity index (χ0v) is 6.75. The zero-order valence-electron chi connectivity index (χ0n) is 6.75. The molecule has 1 N–H and O–H groups in total. The summed E-state index contributed by atoms with van der Waals surface area (Å²) in [5.41, 5.74) is 0.0949. The van der Waals surface area contributed by atoms with E-state index in [9.17, 15) is 13.2 Å². The Labute approximate surface area is 73.8 Å². The van der Waals surface area contributed by atoms with Crippen molar-refractivity contribution in [2.24, 2.45) is 0 Å². The maximum absolute atomic E-state index is 12.2. The Hall–Kier alpha value is -1.03. The highest BCUT2D eigenvalue weighted by Gasteiger charge is 2.39. The molecule has 0 aliphatic carbocycles. The lowest BCUT2D eigenvalue weighted by molar-refractivity contribution is -0.158. The minimum atomic E-state index is -4.38. The number of hydrogen-bond donors (Lipinski definition) is 1. The molecular weight excluding hydrogens is 181 g/mol. The first-order valence-corrected chi connectivity index (χ1v) is 3.78. The Morgan fingerprint density at radius 1 is 1.15 bits per heavy atom. The number of alkyl halides is 3. The van der Waals surface area contributed by atoms with Crippen LogP contribution < -0.4 is 0 Å². The summed E-state index contributed by atoms with van der Waals surface area (Å²) in [6.07, 6.45) is -4.38. The number of aliphatic hydroxyl groups is 1. The van der Waals surface area contributed by atoms with E-state index in [0.717, 1.165) is 0 Å². The van der Waals surface area contributed by atoms with Gasteiger partial charge in [-0.05, 0) is 5.56 Å². The quantitative estimate of drug-likeness (QED) is 0.758. The largest absolute Gasteiger partial charge is 0.397 e. The van der Waals surface area contributed by atoms with Crippen LogP contribution in [-0.2, 0) is 0 Å². The van der Waals surface area contributed by atoms with E-state index in [0.29, 0.717) is 0 Å². The fraction of sp³-hybridized carbons (Fsp3) is 0.333. The van der Waals surface area contributed by atoms with Gasteiger partial charge in [0.2, 0.25) is 0 Å². The average molecular weight is 190 g/mol. The summed E-state index contributed by atoms with van der Waals surface area (Å²) in [6.45, 7) is -0.909. The molecule has 0 amide bonds. The van der Waals surface area contributed by atoms with E-state index >= 15 is 0 Å². The van der Waals surface area contributed by atoms with Gasteiger partial charge in [-0.2, -0.15) is 13.2 Å². The molecule has 0 heterocycles. The molecule has 1 rings (SSSR count). The first-order valence-electron chi connectivity index (χ1n) is 3.78. The van der Waals surface area contributed by atoms with Crippen molar-refractivity contribution in [2.75, 3.05) is 6.61 Å². The molecule has 13 heavy (non-hydrogen) atoms. The second kappa shape index (κ2) is 3.79. The van der Waals surface area contributed by atoms with Crippen LogP contribution in [0.5, 0.6) is 0 Å². The van der Waals surface area contributed by atoms with E-state index in [1.807, 2.05) is 0 Å². The van der Waals surface area contributed by atoms with Gasteiger partial charge >= 0.3 is 6.18 Å². The summed E-state index contributed by atoms with van der Waals surface area (Å²) in [5, 5.41) is 8.60. The summed E-state index contributed by atoms with van der Waals surface area (Å²) < 4.78 is 36.7. The third-order valence-corrected chi connectivity index (χ3v) is 1.78. The summed E-state index contributed by atoms with van der Waals surface area (Å²) in [4.78, 5) is 0. The monoisotopic (exact) mass is 190 g/mol. The Morgan fingerprint density at radius 2 is 1.69 bits per heavy atom. The molecule has 0 radical (unpaired) electrons. The topological polar surface area (TPSA) is 20.2 Å². The normalized spacial score (nSPS) is 14.2. The third-order valence-electron chi connectivity index (χ3n) is 1.78. The Bertz CT molecular complexity index is 255. The molecule has 0 fully saturated rings. The highest BCUT2D eigenvalue weighted by molar-refractivity contribution is 5.20. The van der Waals surface area contributed by atoms with Crippen LogP contribution in [0.1, 0.15) is 11.5 Å². The summed E-state index contributed by atoms with van der Waals surface area (Å²) in [7, 11) is 0. The van der Waals surface area contributed by atoms with E-state index in [4.69, 9.17) is 5.11 Å². The number of aliphatic hydroxyl groups excluding tert-OH is 1. The molecule has 1 aromatic rings. The Kier molecular flexibility index (Phi) is 2.93. The van der Waals surface area contributed by atoms with Crippen molar-refractivity contribution in [1.29, 1.82) is 0 Å². The minimum absolute atomic E-state index is 0.0949. The van der Waals surface area contributed by atoms with Crippen molar-refractivity contribution in [3.8, 4) is 0 Å². The van der Waals surface area contributed by atoms with Crippen molar-refractivity contribution in [1.82, 2.24) is 0 Å². The molecule has 0 saturated heterocycles. The van der Waals surface area contributed by atoms with E-state index < -0.39 is 18.7 Å². The molecule has 0 saturated carbocycles. The molecule has 72 valence electrons. The average Bonchev–Trinajstić information content (AvgIpc) is 2.05. The fourth-order valence-electron chi connectivity index (χ4n) is 1.08. The van der Waals surface area contributed by atoms with Gasteiger partial charge in [0.1, 0.15) is 5.92 Å². The molecule has 0 aromatic heterocycles. The summed E-state index contributed by atoms with van der Waals surface area (Å²) in [5.74, 6) is -1.77. The first kappa shape index (κ1) is 10.1. The summed E-state index contributed by atoms with van der Waals surface area (Å²) >= 11 is 0. The van der Waals surface area contributed by atoms with E-state index in [1.54, 1.807) is 6.07 Å². The molecular formula is C9H9F3O. The van der Waals surface area contributed by atoms with Crippen LogP contribution in [0.4, 0.5) is 13.2 Å². The summed E-state index contributed by atoms with van der Waals surface area (Å²) in [6, 6.07) is 7.38. The van der Waals surface area contributed by atoms with Crippen LogP contribution in [0.2, 0.25) is 0 Å². The van der Waals surface area contributed by atoms with Gasteiger partial charge in [-0.15, -0.1) is 0 Å². The van der Waals surface area contributed by atoms with Crippen molar-refractivity contribution in [2.45, 2.75) is 12.1 Å². The van der Waals surface area contributed by atoms with Gasteiger partial charge in [-0.25, -0.2) is 0 Å². The number of benzene rings is 1. The van der Waals surface area contributed by atoms with Crippen LogP contribution in [0.3, 0.4) is 0 Å². The van der Waals surface area contributed by atoms with Gasteiger partial charge in [0.25, 0.3) is 0 Å². The zero-order chi connectivity index (χ0) is 9.90. The van der Waals surface area contributed by atoms with Crippen LogP contribution >= 0.6 is 0 Å². The van der Waals surface area contributed by atoms with Gasteiger partial charge in [0, 0.05) is 0 Å². The smallest absolute Gasteiger partial charge is 0.395 e. The van der Waals surface area contributed by atoms with E-state index in [1.165, 1.54) is 24.3 Å². The highest BCUT2D eigenvalue weighted by Crippen LogP contribution is 2.33. The lowest BCUT2D eigenvalue weighted by atomic mass is 10.00. The van der Waals surface area contributed by atoms with Crippen molar-refractivity contribution < 1.29 is 18.3 Å². The fourth-order valence-corrected chi connectivity index (χ4v) is 1.08. The Balaban J connectivity index is 2.92. The molecule has 0 spiro atoms. The number of hydrogen-bond acceptors (Lipinski definition) is 1. The first-order chi connectivity index (χ1) is 6.05. The second-order valence-electron chi connectivity index (χ2n) is 2.69. The second-order valence-corrected chi connectivity index (χ2v) is 2.69. The molecule has 0 aliphatic rings. The molecule has 1 atom stereocenters. The maximum atomic E-state index is 12.2. The molecule has 0 aliphatic heterocycles. The predicted molar refractivity (Wildman–Crippen MR) is 42.3 cm³/mol. The maximum Gasteiger partial charge on any atom is 0.397 e. The lowest BCUT2D eigenvalue weighted by Gasteiger charge is -2.17. The Morgan fingerprint density at radius 3 is 2.08 bits per heavy atom. The SMILES string of the molecule is OC[C@@H](c1ccccc1)C(F)(F)F. The van der Waals surface area contributed by atoms with Gasteiger partial charge < -0.3 is 5.11 Å². The van der Waals surface area contributed by atoms with Crippen LogP contribution in [0.25, 0.3) is 0 Å². The van der Waals surface area contributed by atoms with E-state index in [-0.39, 0.29) is 5.56 Å². The van der Waals surface area contributed by atoms with Gasteiger partial charge in [-0.3, -0.25) is 0 Å². The van der Waals surface area contributed by atoms with Crippen LogP contribution in [0, 0.1) is 0 Å². The van der Waals surface area contributed by atoms with Crippen molar-refractivity contribution >= 4 is 0 Å². The van der Waals surface area contributed by atoms with Gasteiger partial charge in [-0.1, -0.05) is 30.3 Å². The van der Waals surface area contributed by atoms with Crippen molar-refractivity contribution in [3.63, 3.8) is 0 Å². The lowest BCUT2D eigenvalue weighted by Crippen LogP contribution is -2.23. The molecule has 0 unspecified atom stereocenters. The highest BCUT2D eigenvalue weighted by atomic mass is 19.4. The van der Waals surface area contributed by atoms with E-state index in [2.05, 4.69) is 0 Å². The van der Waals surface area contributed by atoms with Gasteiger partial charge in [0.15, 0.2) is 0 Å². The number of rotatable bonds is 2. The van der Waals surface area contributed by atoms with Gasteiger partial charge in [0.05, 0.1) is 6.61 Å². The predicted octanol–water partition coefficient (Wildman–Crippen LogP) is 2.32. The molecule has 4 heteroatoms. The van der Waals surface area contributed by atoms with Crippen molar-refractivity contribution in [3.05, 3.63) is 35.9 Å². The molecule has 1 aromatic carbocycles. The third kappa shape index (κ3) is 2.45. The number of halogens is 3. The molecule has 0 bridgehead atoms. The van der Waals surface area contributed by atoms with Crippen LogP contribution in [-0.4, -0.2) is 17.9 Å².